The van der Waals surface area contributed by atoms with Crippen LogP contribution in [0.4, 0.5) is 5.69 Å². The zero-order valence-corrected chi connectivity index (χ0v) is 15.0. The summed E-state index contributed by atoms with van der Waals surface area (Å²) in [5.74, 6) is -0.0696. The molecule has 0 N–H and O–H groups in total. The normalized spacial score (nSPS) is 11.5. The Balaban J connectivity index is 2.05. The second-order valence-electron chi connectivity index (χ2n) is 5.81. The Morgan fingerprint density at radius 3 is 2.32 bits per heavy atom. The highest BCUT2D eigenvalue weighted by Gasteiger charge is 2.20. The summed E-state index contributed by atoms with van der Waals surface area (Å²) < 4.78 is 10.7. The van der Waals surface area contributed by atoms with Crippen LogP contribution >= 0.6 is 0 Å². The van der Waals surface area contributed by atoms with Gasteiger partial charge in [0.25, 0.3) is 0 Å². The maximum absolute atomic E-state index is 12.4. The van der Waals surface area contributed by atoms with Crippen LogP contribution in [0.15, 0.2) is 48.5 Å². The van der Waals surface area contributed by atoms with E-state index in [0.29, 0.717) is 23.5 Å². The average molecular weight is 341 g/mol. The van der Waals surface area contributed by atoms with Gasteiger partial charge in [0, 0.05) is 25.3 Å². The van der Waals surface area contributed by atoms with Gasteiger partial charge in [-0.3, -0.25) is 4.79 Å². The number of hydrogen-bond acceptors (Lipinski definition) is 5. The van der Waals surface area contributed by atoms with Crippen molar-refractivity contribution < 1.29 is 19.1 Å². The number of nitrogens with zero attached hydrogens (tertiary/aromatic N) is 1. The van der Waals surface area contributed by atoms with Crippen molar-refractivity contribution in [3.63, 3.8) is 0 Å². The summed E-state index contributed by atoms with van der Waals surface area (Å²) >= 11 is 0. The van der Waals surface area contributed by atoms with E-state index >= 15 is 0 Å². The molecule has 0 heterocycles. The van der Waals surface area contributed by atoms with E-state index in [0.717, 1.165) is 5.69 Å². The molecule has 0 radical (unpaired) electrons. The molecule has 1 atom stereocenters. The molecule has 0 aliphatic rings. The Labute approximate surface area is 148 Å². The molecule has 5 heteroatoms. The fraction of sp³-hybridized carbons (Fsp3) is 0.300. The van der Waals surface area contributed by atoms with Crippen molar-refractivity contribution in [2.45, 2.75) is 20.0 Å². The molecule has 25 heavy (non-hydrogen) atoms. The number of rotatable bonds is 7. The van der Waals surface area contributed by atoms with Gasteiger partial charge in [0.15, 0.2) is 6.10 Å². The van der Waals surface area contributed by atoms with E-state index in [1.54, 1.807) is 49.4 Å². The summed E-state index contributed by atoms with van der Waals surface area (Å²) in [6, 6.07) is 13.9. The highest BCUT2D eigenvalue weighted by atomic mass is 16.5. The number of esters is 1. The number of benzene rings is 2. The standard InChI is InChI=1S/C20H23NO4/c1-5-24-18-11-9-15(10-12-18)19(22)14(2)25-20(23)16-7-6-8-17(13-16)21(3)4/h6-14H,5H2,1-4H3/t14-/m1/s1. The summed E-state index contributed by atoms with van der Waals surface area (Å²) in [4.78, 5) is 26.6. The Kier molecular flexibility index (Phi) is 6.17. The number of hydrogen-bond donors (Lipinski definition) is 0. The molecule has 2 aromatic rings. The van der Waals surface area contributed by atoms with Crippen LogP contribution in [0, 0.1) is 0 Å². The first-order valence-electron chi connectivity index (χ1n) is 8.17. The molecule has 2 rings (SSSR count). The molecule has 0 bridgehead atoms. The third-order valence-corrected chi connectivity index (χ3v) is 3.70. The average Bonchev–Trinajstić information content (AvgIpc) is 2.62. The van der Waals surface area contributed by atoms with Crippen LogP contribution in [-0.2, 0) is 4.74 Å². The lowest BCUT2D eigenvalue weighted by Crippen LogP contribution is -2.24. The molecule has 0 amide bonds. The summed E-state index contributed by atoms with van der Waals surface area (Å²) in [6.45, 7) is 4.03. The van der Waals surface area contributed by atoms with E-state index in [2.05, 4.69) is 0 Å². The van der Waals surface area contributed by atoms with Crippen LogP contribution in [0.2, 0.25) is 0 Å². The monoisotopic (exact) mass is 341 g/mol. The van der Waals surface area contributed by atoms with E-state index in [-0.39, 0.29) is 5.78 Å². The van der Waals surface area contributed by atoms with Gasteiger partial charge in [0.1, 0.15) is 5.75 Å². The summed E-state index contributed by atoms with van der Waals surface area (Å²) in [5.41, 5.74) is 1.78. The van der Waals surface area contributed by atoms with Gasteiger partial charge in [-0.2, -0.15) is 0 Å². The quantitative estimate of drug-likeness (QED) is 0.569. The Morgan fingerprint density at radius 1 is 1.04 bits per heavy atom. The van der Waals surface area contributed by atoms with Gasteiger partial charge in [0.2, 0.25) is 5.78 Å². The number of ketones is 1. The molecule has 0 saturated carbocycles. The van der Waals surface area contributed by atoms with Gasteiger partial charge >= 0.3 is 5.97 Å². The zero-order chi connectivity index (χ0) is 18.4. The predicted octanol–water partition coefficient (Wildman–Crippen LogP) is 3.58. The smallest absolute Gasteiger partial charge is 0.338 e. The summed E-state index contributed by atoms with van der Waals surface area (Å²) in [5, 5.41) is 0. The molecule has 0 fully saturated rings. The number of ether oxygens (including phenoxy) is 2. The lowest BCUT2D eigenvalue weighted by Gasteiger charge is -2.15. The molecule has 0 spiro atoms. The van der Waals surface area contributed by atoms with Gasteiger partial charge in [-0.25, -0.2) is 4.79 Å². The molecule has 2 aromatic carbocycles. The van der Waals surface area contributed by atoms with E-state index in [1.165, 1.54) is 0 Å². The number of carbonyl (C=O) groups is 2. The summed E-state index contributed by atoms with van der Waals surface area (Å²) in [7, 11) is 3.78. The van der Waals surface area contributed by atoms with E-state index in [4.69, 9.17) is 9.47 Å². The van der Waals surface area contributed by atoms with Crippen LogP contribution in [0.25, 0.3) is 0 Å². The molecule has 5 nitrogen and oxygen atoms in total. The Morgan fingerprint density at radius 2 is 1.72 bits per heavy atom. The van der Waals surface area contributed by atoms with Gasteiger partial charge in [-0.15, -0.1) is 0 Å². The summed E-state index contributed by atoms with van der Waals surface area (Å²) in [6.07, 6.45) is -0.867. The first-order chi connectivity index (χ1) is 11.9. The largest absolute Gasteiger partial charge is 0.494 e. The zero-order valence-electron chi connectivity index (χ0n) is 15.0. The topological polar surface area (TPSA) is 55.8 Å². The number of carbonyl (C=O) groups excluding carboxylic acids is 2. The minimum atomic E-state index is -0.867. The van der Waals surface area contributed by atoms with Crippen molar-refractivity contribution >= 4 is 17.4 Å². The molecular formula is C20H23NO4. The minimum Gasteiger partial charge on any atom is -0.494 e. The van der Waals surface area contributed by atoms with Crippen molar-refractivity contribution in [1.82, 2.24) is 0 Å². The molecule has 0 aliphatic carbocycles. The van der Waals surface area contributed by atoms with Crippen molar-refractivity contribution in [3.8, 4) is 5.75 Å². The molecule has 0 aromatic heterocycles. The van der Waals surface area contributed by atoms with Crippen LogP contribution in [0.5, 0.6) is 5.75 Å². The van der Waals surface area contributed by atoms with Crippen molar-refractivity contribution in [3.05, 3.63) is 59.7 Å². The minimum absolute atomic E-state index is 0.250. The lowest BCUT2D eigenvalue weighted by atomic mass is 10.1. The third kappa shape index (κ3) is 4.83. The first-order valence-corrected chi connectivity index (χ1v) is 8.17. The Bertz CT molecular complexity index is 738. The van der Waals surface area contributed by atoms with Crippen LogP contribution < -0.4 is 9.64 Å². The SMILES string of the molecule is CCOc1ccc(C(=O)[C@@H](C)OC(=O)c2cccc(N(C)C)c2)cc1. The lowest BCUT2D eigenvalue weighted by molar-refractivity contribution is 0.0319. The second kappa shape index (κ2) is 8.33. The highest BCUT2D eigenvalue weighted by Crippen LogP contribution is 2.17. The van der Waals surface area contributed by atoms with Crippen molar-refractivity contribution in [1.29, 1.82) is 0 Å². The Hall–Kier alpha value is -2.82. The molecule has 0 aliphatic heterocycles. The van der Waals surface area contributed by atoms with Gasteiger partial charge in [0.05, 0.1) is 12.2 Å². The van der Waals surface area contributed by atoms with Gasteiger partial charge in [-0.05, 0) is 56.3 Å². The molecular weight excluding hydrogens is 318 g/mol. The molecule has 132 valence electrons. The highest BCUT2D eigenvalue weighted by molar-refractivity contribution is 6.01. The van der Waals surface area contributed by atoms with E-state index in [1.807, 2.05) is 32.0 Å². The van der Waals surface area contributed by atoms with Crippen molar-refractivity contribution in [2.75, 3.05) is 25.6 Å². The third-order valence-electron chi connectivity index (χ3n) is 3.70. The number of anilines is 1. The van der Waals surface area contributed by atoms with Crippen LogP contribution in [0.1, 0.15) is 34.6 Å². The molecule has 0 unspecified atom stereocenters. The number of Topliss-reactive ketones (excluding diaryl/α,β-unsaturated/α-hetero) is 1. The second-order valence-corrected chi connectivity index (χ2v) is 5.81. The van der Waals surface area contributed by atoms with E-state index in [9.17, 15) is 9.59 Å². The van der Waals surface area contributed by atoms with Crippen LogP contribution in [-0.4, -0.2) is 38.6 Å². The van der Waals surface area contributed by atoms with Crippen LogP contribution in [0.3, 0.4) is 0 Å². The maximum Gasteiger partial charge on any atom is 0.338 e. The maximum atomic E-state index is 12.4. The van der Waals surface area contributed by atoms with Crippen molar-refractivity contribution in [2.24, 2.45) is 0 Å². The van der Waals surface area contributed by atoms with Gasteiger partial charge in [-0.1, -0.05) is 6.07 Å². The predicted molar refractivity (Wildman–Crippen MR) is 97.6 cm³/mol. The van der Waals surface area contributed by atoms with Gasteiger partial charge < -0.3 is 14.4 Å². The first kappa shape index (κ1) is 18.5. The fourth-order valence-corrected chi connectivity index (χ4v) is 2.31. The van der Waals surface area contributed by atoms with E-state index < -0.39 is 12.1 Å². The fourth-order valence-electron chi connectivity index (χ4n) is 2.31. The molecule has 0 saturated heterocycles.